The molecule has 1 heterocycles. The molecule has 5 nitrogen and oxygen atoms in total. The number of amides is 1. The highest BCUT2D eigenvalue weighted by Crippen LogP contribution is 2.15. The number of anilines is 1. The van der Waals surface area contributed by atoms with Crippen molar-refractivity contribution in [3.8, 4) is 5.75 Å². The van der Waals surface area contributed by atoms with Gasteiger partial charge in [-0.15, -0.1) is 0 Å². The van der Waals surface area contributed by atoms with Gasteiger partial charge in [-0.1, -0.05) is 6.92 Å². The summed E-state index contributed by atoms with van der Waals surface area (Å²) in [4.78, 5) is 12.1. The summed E-state index contributed by atoms with van der Waals surface area (Å²) in [5.41, 5.74) is 1.29. The minimum atomic E-state index is -0.152. The molecule has 1 N–H and O–H groups in total. The maximum atomic E-state index is 12.1. The molecule has 2 rings (SSSR count). The number of benzene rings is 1. The second kappa shape index (κ2) is 6.92. The number of hydrogen-bond acceptors (Lipinski definition) is 3. The summed E-state index contributed by atoms with van der Waals surface area (Å²) in [5.74, 6) is 0.626. The van der Waals surface area contributed by atoms with Gasteiger partial charge >= 0.3 is 0 Å². The number of ether oxygens (including phenoxy) is 1. The third-order valence-electron chi connectivity index (χ3n) is 2.98. The molecular formula is C16H21N3O2. The molecule has 5 heteroatoms. The maximum Gasteiger partial charge on any atom is 0.255 e. The van der Waals surface area contributed by atoms with Gasteiger partial charge in [0.15, 0.2) is 0 Å². The predicted octanol–water partition coefficient (Wildman–Crippen LogP) is 3.51. The molecule has 0 aliphatic carbocycles. The third-order valence-corrected chi connectivity index (χ3v) is 2.98. The molecule has 0 aliphatic heterocycles. The van der Waals surface area contributed by atoms with Gasteiger partial charge in [-0.25, -0.2) is 0 Å². The Kier molecular flexibility index (Phi) is 4.98. The topological polar surface area (TPSA) is 56.1 Å². The number of aromatic nitrogens is 2. The Labute approximate surface area is 124 Å². The first-order valence-electron chi connectivity index (χ1n) is 7.18. The van der Waals surface area contributed by atoms with E-state index in [1.54, 1.807) is 23.0 Å². The fourth-order valence-corrected chi connectivity index (χ4v) is 1.81. The molecule has 1 amide bonds. The minimum absolute atomic E-state index is 0.152. The van der Waals surface area contributed by atoms with Crippen molar-refractivity contribution in [2.75, 3.05) is 11.9 Å². The molecule has 0 radical (unpaired) electrons. The van der Waals surface area contributed by atoms with Crippen LogP contribution in [0.5, 0.6) is 5.75 Å². The van der Waals surface area contributed by atoms with Gasteiger partial charge in [-0.2, -0.15) is 5.10 Å². The zero-order valence-electron chi connectivity index (χ0n) is 12.7. The van der Waals surface area contributed by atoms with E-state index in [1.165, 1.54) is 0 Å². The van der Waals surface area contributed by atoms with Crippen LogP contribution in [0.1, 0.15) is 43.6 Å². The first-order chi connectivity index (χ1) is 10.1. The lowest BCUT2D eigenvalue weighted by Gasteiger charge is -2.06. The Hall–Kier alpha value is -2.30. The highest BCUT2D eigenvalue weighted by Gasteiger charge is 2.08. The second-order valence-corrected chi connectivity index (χ2v) is 5.13. The van der Waals surface area contributed by atoms with E-state index in [4.69, 9.17) is 4.74 Å². The van der Waals surface area contributed by atoms with Crippen LogP contribution in [0.3, 0.4) is 0 Å². The van der Waals surface area contributed by atoms with Crippen LogP contribution in [-0.4, -0.2) is 22.3 Å². The SMILES string of the molecule is CCCOc1ccc(C(=O)Nc2cnn(C(C)C)c2)cc1. The van der Waals surface area contributed by atoms with Crippen LogP contribution < -0.4 is 10.1 Å². The Morgan fingerprint density at radius 3 is 2.62 bits per heavy atom. The van der Waals surface area contributed by atoms with Gasteiger partial charge < -0.3 is 10.1 Å². The van der Waals surface area contributed by atoms with E-state index in [0.717, 1.165) is 12.2 Å². The predicted molar refractivity (Wildman–Crippen MR) is 82.8 cm³/mol. The first kappa shape index (κ1) is 15.1. The van der Waals surface area contributed by atoms with Gasteiger partial charge in [0.05, 0.1) is 18.5 Å². The van der Waals surface area contributed by atoms with Crippen molar-refractivity contribution in [2.45, 2.75) is 33.2 Å². The van der Waals surface area contributed by atoms with Crippen LogP contribution in [0, 0.1) is 0 Å². The number of rotatable bonds is 6. The molecule has 0 spiro atoms. The first-order valence-corrected chi connectivity index (χ1v) is 7.18. The number of hydrogen-bond donors (Lipinski definition) is 1. The average molecular weight is 287 g/mol. The lowest BCUT2D eigenvalue weighted by molar-refractivity contribution is 0.102. The van der Waals surface area contributed by atoms with Crippen LogP contribution >= 0.6 is 0 Å². The summed E-state index contributed by atoms with van der Waals surface area (Å²) in [6.45, 7) is 6.81. The number of nitrogens with zero attached hydrogens (tertiary/aromatic N) is 2. The molecule has 1 aromatic carbocycles. The highest BCUT2D eigenvalue weighted by molar-refractivity contribution is 6.04. The Morgan fingerprint density at radius 2 is 2.05 bits per heavy atom. The number of nitrogens with one attached hydrogen (secondary N) is 1. The average Bonchev–Trinajstić information content (AvgIpc) is 2.94. The zero-order chi connectivity index (χ0) is 15.2. The molecule has 0 fully saturated rings. The van der Waals surface area contributed by atoms with Crippen LogP contribution in [0.15, 0.2) is 36.7 Å². The van der Waals surface area contributed by atoms with Crippen molar-refractivity contribution >= 4 is 11.6 Å². The molecule has 0 atom stereocenters. The summed E-state index contributed by atoms with van der Waals surface area (Å²) in [6, 6.07) is 7.40. The molecule has 0 saturated carbocycles. The molecule has 1 aromatic heterocycles. The highest BCUT2D eigenvalue weighted by atomic mass is 16.5. The smallest absolute Gasteiger partial charge is 0.255 e. The van der Waals surface area contributed by atoms with Crippen molar-refractivity contribution in [1.29, 1.82) is 0 Å². The fraction of sp³-hybridized carbons (Fsp3) is 0.375. The molecule has 0 unspecified atom stereocenters. The van der Waals surface area contributed by atoms with E-state index in [9.17, 15) is 4.79 Å². The summed E-state index contributed by atoms with van der Waals surface area (Å²) in [7, 11) is 0. The van der Waals surface area contributed by atoms with E-state index < -0.39 is 0 Å². The summed E-state index contributed by atoms with van der Waals surface area (Å²) in [5, 5.41) is 7.03. The minimum Gasteiger partial charge on any atom is -0.494 e. The fourth-order valence-electron chi connectivity index (χ4n) is 1.81. The monoisotopic (exact) mass is 287 g/mol. The Morgan fingerprint density at radius 1 is 1.33 bits per heavy atom. The lowest BCUT2D eigenvalue weighted by Crippen LogP contribution is -2.11. The Balaban J connectivity index is 1.99. The molecular weight excluding hydrogens is 266 g/mol. The standard InChI is InChI=1S/C16H21N3O2/c1-4-9-21-15-7-5-13(6-8-15)16(20)18-14-10-17-19(11-14)12(2)3/h5-8,10-12H,4,9H2,1-3H3,(H,18,20). The molecule has 0 saturated heterocycles. The summed E-state index contributed by atoms with van der Waals surface area (Å²) >= 11 is 0. The van der Waals surface area contributed by atoms with Gasteiger partial charge in [-0.3, -0.25) is 9.48 Å². The lowest BCUT2D eigenvalue weighted by atomic mass is 10.2. The van der Waals surface area contributed by atoms with Gasteiger partial charge in [0.2, 0.25) is 0 Å². The van der Waals surface area contributed by atoms with Crippen molar-refractivity contribution in [1.82, 2.24) is 9.78 Å². The zero-order valence-corrected chi connectivity index (χ0v) is 12.7. The second-order valence-electron chi connectivity index (χ2n) is 5.13. The van der Waals surface area contributed by atoms with Gasteiger partial charge in [0.25, 0.3) is 5.91 Å². The van der Waals surface area contributed by atoms with Gasteiger partial charge in [0.1, 0.15) is 5.75 Å². The van der Waals surface area contributed by atoms with E-state index in [1.807, 2.05) is 32.2 Å². The molecule has 0 bridgehead atoms. The quantitative estimate of drug-likeness (QED) is 0.884. The van der Waals surface area contributed by atoms with Crippen molar-refractivity contribution < 1.29 is 9.53 Å². The largest absolute Gasteiger partial charge is 0.494 e. The Bertz CT molecular complexity index is 588. The molecule has 21 heavy (non-hydrogen) atoms. The van der Waals surface area contributed by atoms with Gasteiger partial charge in [0, 0.05) is 17.8 Å². The molecule has 0 aliphatic rings. The third kappa shape index (κ3) is 4.08. The number of carbonyl (C=O) groups excluding carboxylic acids is 1. The van der Waals surface area contributed by atoms with Crippen LogP contribution in [0.2, 0.25) is 0 Å². The van der Waals surface area contributed by atoms with Crippen LogP contribution in [-0.2, 0) is 0 Å². The number of carbonyl (C=O) groups is 1. The summed E-state index contributed by atoms with van der Waals surface area (Å²) < 4.78 is 7.30. The van der Waals surface area contributed by atoms with E-state index in [0.29, 0.717) is 17.9 Å². The molecule has 2 aromatic rings. The van der Waals surface area contributed by atoms with Crippen molar-refractivity contribution in [2.24, 2.45) is 0 Å². The summed E-state index contributed by atoms with van der Waals surface area (Å²) in [6.07, 6.45) is 4.43. The van der Waals surface area contributed by atoms with Crippen molar-refractivity contribution in [3.05, 3.63) is 42.2 Å². The normalized spacial score (nSPS) is 10.7. The van der Waals surface area contributed by atoms with Crippen LogP contribution in [0.4, 0.5) is 5.69 Å². The van der Waals surface area contributed by atoms with Gasteiger partial charge in [-0.05, 0) is 44.5 Å². The maximum absolute atomic E-state index is 12.1. The van der Waals surface area contributed by atoms with E-state index >= 15 is 0 Å². The van der Waals surface area contributed by atoms with Crippen molar-refractivity contribution in [3.63, 3.8) is 0 Å². The van der Waals surface area contributed by atoms with E-state index in [2.05, 4.69) is 17.3 Å². The molecule has 112 valence electrons. The van der Waals surface area contributed by atoms with Crippen LogP contribution in [0.25, 0.3) is 0 Å². The van der Waals surface area contributed by atoms with E-state index in [-0.39, 0.29) is 11.9 Å².